The number of likely N-dealkylation sites (tertiary alicyclic amines) is 1. The second kappa shape index (κ2) is 5.65. The third-order valence-corrected chi connectivity index (χ3v) is 3.78. The van der Waals surface area contributed by atoms with E-state index in [0.29, 0.717) is 17.8 Å². The van der Waals surface area contributed by atoms with Crippen LogP contribution in [-0.4, -0.2) is 39.5 Å². The van der Waals surface area contributed by atoms with E-state index in [9.17, 15) is 4.79 Å². The third-order valence-electron chi connectivity index (χ3n) is 3.78. The summed E-state index contributed by atoms with van der Waals surface area (Å²) in [6.07, 6.45) is 4.82. The summed E-state index contributed by atoms with van der Waals surface area (Å²) in [5.74, 6) is 0.0295. The molecule has 0 amide bonds. The molecule has 1 aromatic rings. The fourth-order valence-electron chi connectivity index (χ4n) is 2.82. The molecule has 18 heavy (non-hydrogen) atoms. The van der Waals surface area contributed by atoms with Gasteiger partial charge in [-0.25, -0.2) is 0 Å². The van der Waals surface area contributed by atoms with Gasteiger partial charge in [-0.05, 0) is 39.3 Å². The summed E-state index contributed by atoms with van der Waals surface area (Å²) in [7, 11) is 0. The van der Waals surface area contributed by atoms with Gasteiger partial charge < -0.3 is 0 Å². The van der Waals surface area contributed by atoms with E-state index in [1.165, 1.54) is 25.8 Å². The zero-order valence-corrected chi connectivity index (χ0v) is 11.6. The van der Waals surface area contributed by atoms with Crippen molar-refractivity contribution in [1.82, 2.24) is 15.1 Å². The number of nitrogens with one attached hydrogen (secondary N) is 1. The molecule has 1 aliphatic rings. The molecule has 2 rings (SSSR count). The number of carbonyl (C=O) groups is 1. The number of hydrogen-bond acceptors (Lipinski definition) is 3. The van der Waals surface area contributed by atoms with Gasteiger partial charge in [0.1, 0.15) is 5.69 Å². The highest BCUT2D eigenvalue weighted by molar-refractivity contribution is 5.92. The lowest BCUT2D eigenvalue weighted by molar-refractivity contribution is 0.101. The minimum Gasteiger partial charge on any atom is -0.298 e. The van der Waals surface area contributed by atoms with Crippen molar-refractivity contribution in [1.29, 1.82) is 0 Å². The van der Waals surface area contributed by atoms with Gasteiger partial charge in [-0.2, -0.15) is 5.10 Å². The number of hydrogen-bond donors (Lipinski definition) is 1. The molecule has 0 saturated carbocycles. The number of piperidine rings is 1. The third kappa shape index (κ3) is 2.99. The molecule has 1 aliphatic heterocycles. The summed E-state index contributed by atoms with van der Waals surface area (Å²) in [6.45, 7) is 7.26. The molecule has 0 bridgehead atoms. The van der Waals surface area contributed by atoms with E-state index >= 15 is 0 Å². The smallest absolute Gasteiger partial charge is 0.179 e. The highest BCUT2D eigenvalue weighted by Gasteiger charge is 2.25. The van der Waals surface area contributed by atoms with Crippen LogP contribution in [0.3, 0.4) is 0 Å². The van der Waals surface area contributed by atoms with Crippen molar-refractivity contribution in [2.75, 3.05) is 6.54 Å². The summed E-state index contributed by atoms with van der Waals surface area (Å²) < 4.78 is 0. The number of ketones is 1. The first-order valence-corrected chi connectivity index (χ1v) is 6.89. The molecular formula is C14H23N3O. The average molecular weight is 249 g/mol. The number of carbonyl (C=O) groups excluding carboxylic acids is 1. The number of aromatic amines is 1. The van der Waals surface area contributed by atoms with Gasteiger partial charge in [-0.1, -0.05) is 6.42 Å². The fraction of sp³-hybridized carbons (Fsp3) is 0.714. The van der Waals surface area contributed by atoms with Gasteiger partial charge in [0.15, 0.2) is 5.78 Å². The summed E-state index contributed by atoms with van der Waals surface area (Å²) in [5, 5.41) is 7.05. The van der Waals surface area contributed by atoms with Crippen molar-refractivity contribution in [3.8, 4) is 0 Å². The Balaban J connectivity index is 2.03. The zero-order valence-electron chi connectivity index (χ0n) is 11.6. The average Bonchev–Trinajstić information content (AvgIpc) is 2.78. The van der Waals surface area contributed by atoms with Crippen LogP contribution in [0.1, 0.15) is 56.2 Å². The van der Waals surface area contributed by atoms with Gasteiger partial charge in [0.2, 0.25) is 0 Å². The summed E-state index contributed by atoms with van der Waals surface area (Å²) >= 11 is 0. The Morgan fingerprint density at radius 3 is 2.94 bits per heavy atom. The van der Waals surface area contributed by atoms with Crippen LogP contribution in [0.25, 0.3) is 0 Å². The molecule has 0 spiro atoms. The minimum absolute atomic E-state index is 0.0295. The van der Waals surface area contributed by atoms with Crippen LogP contribution in [-0.2, 0) is 6.42 Å². The molecule has 0 aromatic carbocycles. The first-order chi connectivity index (χ1) is 8.58. The monoisotopic (exact) mass is 249 g/mol. The quantitative estimate of drug-likeness (QED) is 0.834. The molecule has 1 aromatic heterocycles. The minimum atomic E-state index is 0.0295. The van der Waals surface area contributed by atoms with Gasteiger partial charge in [0.05, 0.1) is 0 Å². The molecule has 1 saturated heterocycles. The Bertz CT molecular complexity index is 411. The SMILES string of the molecule is CC(=O)c1cc(CC2CCCCN2C(C)C)[nH]n1. The molecule has 100 valence electrons. The number of aromatic nitrogens is 2. The van der Waals surface area contributed by atoms with Crippen LogP contribution in [0, 0.1) is 0 Å². The number of H-pyrrole nitrogens is 1. The van der Waals surface area contributed by atoms with Gasteiger partial charge in [-0.3, -0.25) is 14.8 Å². The van der Waals surface area contributed by atoms with E-state index in [-0.39, 0.29) is 5.78 Å². The van der Waals surface area contributed by atoms with Crippen LogP contribution >= 0.6 is 0 Å². The van der Waals surface area contributed by atoms with Crippen molar-refractivity contribution < 1.29 is 4.79 Å². The van der Waals surface area contributed by atoms with Gasteiger partial charge in [0.25, 0.3) is 0 Å². The van der Waals surface area contributed by atoms with Crippen molar-refractivity contribution in [2.24, 2.45) is 0 Å². The standard InChI is InChI=1S/C14H23N3O/c1-10(2)17-7-5-4-6-13(17)8-12-9-14(11(3)18)16-15-12/h9-10,13H,4-8H2,1-3H3,(H,15,16). The van der Waals surface area contributed by atoms with Gasteiger partial charge in [-0.15, -0.1) is 0 Å². The Kier molecular flexibility index (Phi) is 4.17. The van der Waals surface area contributed by atoms with E-state index in [4.69, 9.17) is 0 Å². The largest absolute Gasteiger partial charge is 0.298 e. The highest BCUT2D eigenvalue weighted by atomic mass is 16.1. The van der Waals surface area contributed by atoms with Crippen molar-refractivity contribution >= 4 is 5.78 Å². The van der Waals surface area contributed by atoms with Gasteiger partial charge in [0, 0.05) is 31.1 Å². The number of nitrogens with zero attached hydrogens (tertiary/aromatic N) is 2. The predicted molar refractivity (Wildman–Crippen MR) is 71.8 cm³/mol. The summed E-state index contributed by atoms with van der Waals surface area (Å²) in [6, 6.07) is 3.07. The topological polar surface area (TPSA) is 49.0 Å². The van der Waals surface area contributed by atoms with Crippen molar-refractivity contribution in [3.63, 3.8) is 0 Å². The summed E-state index contributed by atoms with van der Waals surface area (Å²) in [4.78, 5) is 13.8. The Hall–Kier alpha value is -1.16. The molecule has 0 aliphatic carbocycles. The number of Topliss-reactive ketones (excluding diaryl/α,β-unsaturated/α-hetero) is 1. The molecule has 1 atom stereocenters. The Morgan fingerprint density at radius 1 is 1.56 bits per heavy atom. The van der Waals surface area contributed by atoms with Crippen molar-refractivity contribution in [3.05, 3.63) is 17.5 Å². The van der Waals surface area contributed by atoms with Gasteiger partial charge >= 0.3 is 0 Å². The molecule has 4 heteroatoms. The van der Waals surface area contributed by atoms with Crippen LogP contribution in [0.15, 0.2) is 6.07 Å². The van der Waals surface area contributed by atoms with Crippen LogP contribution in [0.2, 0.25) is 0 Å². The highest BCUT2D eigenvalue weighted by Crippen LogP contribution is 2.22. The van der Waals surface area contributed by atoms with Crippen LogP contribution in [0.5, 0.6) is 0 Å². The second-order valence-corrected chi connectivity index (χ2v) is 5.52. The maximum absolute atomic E-state index is 11.2. The normalized spacial score (nSPS) is 21.4. The second-order valence-electron chi connectivity index (χ2n) is 5.52. The maximum Gasteiger partial charge on any atom is 0.179 e. The summed E-state index contributed by atoms with van der Waals surface area (Å²) in [5.41, 5.74) is 1.63. The molecular weight excluding hydrogens is 226 g/mol. The fourth-order valence-corrected chi connectivity index (χ4v) is 2.82. The van der Waals surface area contributed by atoms with Crippen LogP contribution in [0.4, 0.5) is 0 Å². The molecule has 4 nitrogen and oxygen atoms in total. The number of rotatable bonds is 4. The maximum atomic E-state index is 11.2. The van der Waals surface area contributed by atoms with E-state index < -0.39 is 0 Å². The Labute approximate surface area is 109 Å². The van der Waals surface area contributed by atoms with Crippen molar-refractivity contribution in [2.45, 2.75) is 58.5 Å². The predicted octanol–water partition coefficient (Wildman–Crippen LogP) is 2.42. The Morgan fingerprint density at radius 2 is 2.33 bits per heavy atom. The molecule has 0 radical (unpaired) electrons. The molecule has 1 fully saturated rings. The van der Waals surface area contributed by atoms with E-state index in [1.807, 2.05) is 6.07 Å². The van der Waals surface area contributed by atoms with E-state index in [1.54, 1.807) is 6.92 Å². The molecule has 2 heterocycles. The lowest BCUT2D eigenvalue weighted by Crippen LogP contribution is -2.45. The lowest BCUT2D eigenvalue weighted by Gasteiger charge is -2.38. The van der Waals surface area contributed by atoms with E-state index in [0.717, 1.165) is 12.1 Å². The van der Waals surface area contributed by atoms with Crippen LogP contribution < -0.4 is 0 Å². The first kappa shape index (κ1) is 13.3. The zero-order chi connectivity index (χ0) is 13.1. The first-order valence-electron chi connectivity index (χ1n) is 6.89. The lowest BCUT2D eigenvalue weighted by atomic mass is 9.96. The molecule has 1 unspecified atom stereocenters. The molecule has 1 N–H and O–H groups in total. The van der Waals surface area contributed by atoms with E-state index in [2.05, 4.69) is 28.9 Å².